The van der Waals surface area contributed by atoms with Crippen LogP contribution in [-0.4, -0.2) is 29.1 Å². The molecule has 6 heteroatoms. The van der Waals surface area contributed by atoms with Gasteiger partial charge in [0.25, 0.3) is 5.91 Å². The number of rotatable bonds is 4. The maximum absolute atomic E-state index is 12.7. The van der Waals surface area contributed by atoms with Gasteiger partial charge in [0, 0.05) is 13.1 Å². The Morgan fingerprint density at radius 2 is 2.09 bits per heavy atom. The SMILES string of the molecule is CCN(Cc1ccc2c(c1)OCO2)C(=O)c1sc(C)nc1C. The summed E-state index contributed by atoms with van der Waals surface area (Å²) in [6, 6.07) is 5.79. The zero-order valence-electron chi connectivity index (χ0n) is 12.9. The molecule has 0 aliphatic carbocycles. The second-order valence-corrected chi connectivity index (χ2v) is 6.36. The fraction of sp³-hybridized carbons (Fsp3) is 0.375. The Bertz CT molecular complexity index is 711. The van der Waals surface area contributed by atoms with Gasteiger partial charge in [-0.25, -0.2) is 4.98 Å². The molecule has 1 aliphatic heterocycles. The van der Waals surface area contributed by atoms with Crippen LogP contribution in [0.3, 0.4) is 0 Å². The molecule has 0 fully saturated rings. The first-order chi connectivity index (χ1) is 10.6. The van der Waals surface area contributed by atoms with Crippen molar-refractivity contribution >= 4 is 17.2 Å². The van der Waals surface area contributed by atoms with Crippen LogP contribution < -0.4 is 9.47 Å². The van der Waals surface area contributed by atoms with E-state index in [-0.39, 0.29) is 12.7 Å². The number of thiazole rings is 1. The van der Waals surface area contributed by atoms with Gasteiger partial charge in [-0.3, -0.25) is 4.79 Å². The Balaban J connectivity index is 1.79. The smallest absolute Gasteiger partial charge is 0.266 e. The minimum absolute atomic E-state index is 0.0308. The fourth-order valence-corrected chi connectivity index (χ4v) is 3.35. The summed E-state index contributed by atoms with van der Waals surface area (Å²) in [7, 11) is 0. The number of aryl methyl sites for hydroxylation is 2. The van der Waals surface area contributed by atoms with E-state index in [0.29, 0.717) is 13.1 Å². The molecule has 0 radical (unpaired) electrons. The predicted molar refractivity (Wildman–Crippen MR) is 84.6 cm³/mol. The van der Waals surface area contributed by atoms with Gasteiger partial charge >= 0.3 is 0 Å². The number of benzene rings is 1. The summed E-state index contributed by atoms with van der Waals surface area (Å²) in [4.78, 5) is 19.6. The molecule has 1 aliphatic rings. The third-order valence-corrected chi connectivity index (χ3v) is 4.64. The molecule has 116 valence electrons. The first kappa shape index (κ1) is 14.8. The van der Waals surface area contributed by atoms with E-state index in [2.05, 4.69) is 4.98 Å². The molecule has 5 nitrogen and oxygen atoms in total. The third kappa shape index (κ3) is 2.78. The molecule has 1 aromatic carbocycles. The second kappa shape index (κ2) is 5.96. The lowest BCUT2D eigenvalue weighted by Gasteiger charge is -2.20. The third-order valence-electron chi connectivity index (χ3n) is 3.58. The zero-order chi connectivity index (χ0) is 15.7. The van der Waals surface area contributed by atoms with Crippen molar-refractivity contribution in [1.82, 2.24) is 9.88 Å². The molecule has 3 rings (SSSR count). The lowest BCUT2D eigenvalue weighted by molar-refractivity contribution is 0.0756. The molecule has 0 bridgehead atoms. The number of fused-ring (bicyclic) bond motifs is 1. The predicted octanol–water partition coefficient (Wildman–Crippen LogP) is 3.15. The molecule has 22 heavy (non-hydrogen) atoms. The molecular formula is C16H18N2O3S. The number of carbonyl (C=O) groups excluding carboxylic acids is 1. The van der Waals surface area contributed by atoms with E-state index in [0.717, 1.165) is 32.6 Å². The number of ether oxygens (including phenoxy) is 2. The van der Waals surface area contributed by atoms with Crippen molar-refractivity contribution in [3.8, 4) is 11.5 Å². The van der Waals surface area contributed by atoms with Crippen LogP contribution in [0.2, 0.25) is 0 Å². The van der Waals surface area contributed by atoms with Gasteiger partial charge in [0.05, 0.1) is 10.7 Å². The standard InChI is InChI=1S/C16H18N2O3S/c1-4-18(16(19)15-10(2)17-11(3)22-15)8-12-5-6-13-14(7-12)21-9-20-13/h5-7H,4,8-9H2,1-3H3. The summed E-state index contributed by atoms with van der Waals surface area (Å²) in [6.45, 7) is 7.22. The molecule has 0 unspecified atom stereocenters. The van der Waals surface area contributed by atoms with E-state index in [1.165, 1.54) is 11.3 Å². The number of hydrogen-bond donors (Lipinski definition) is 0. The Labute approximate surface area is 133 Å². The summed E-state index contributed by atoms with van der Waals surface area (Å²) < 4.78 is 10.7. The van der Waals surface area contributed by atoms with Crippen molar-refractivity contribution in [2.75, 3.05) is 13.3 Å². The molecule has 2 heterocycles. The Morgan fingerprint density at radius 3 is 2.77 bits per heavy atom. The lowest BCUT2D eigenvalue weighted by atomic mass is 10.2. The molecule has 0 N–H and O–H groups in total. The summed E-state index contributed by atoms with van der Waals surface area (Å²) in [5, 5.41) is 0.917. The van der Waals surface area contributed by atoms with Crippen LogP contribution >= 0.6 is 11.3 Å². The summed E-state index contributed by atoms with van der Waals surface area (Å²) in [5.74, 6) is 1.53. The topological polar surface area (TPSA) is 51.7 Å². The van der Waals surface area contributed by atoms with Crippen LogP contribution in [0, 0.1) is 13.8 Å². The Hall–Kier alpha value is -2.08. The van der Waals surface area contributed by atoms with Crippen LogP contribution in [0.15, 0.2) is 18.2 Å². The Morgan fingerprint density at radius 1 is 1.32 bits per heavy atom. The maximum atomic E-state index is 12.7. The molecule has 1 aromatic heterocycles. The maximum Gasteiger partial charge on any atom is 0.266 e. The van der Waals surface area contributed by atoms with Crippen molar-refractivity contribution in [1.29, 1.82) is 0 Å². The van der Waals surface area contributed by atoms with Crippen LogP contribution in [-0.2, 0) is 6.54 Å². The van der Waals surface area contributed by atoms with Gasteiger partial charge in [0.15, 0.2) is 11.5 Å². The minimum atomic E-state index is 0.0308. The Kier molecular flexibility index (Phi) is 4.02. The lowest BCUT2D eigenvalue weighted by Crippen LogP contribution is -2.30. The molecule has 0 atom stereocenters. The molecule has 0 saturated carbocycles. The molecule has 0 spiro atoms. The van der Waals surface area contributed by atoms with E-state index in [4.69, 9.17) is 9.47 Å². The molecule has 1 amide bonds. The minimum Gasteiger partial charge on any atom is -0.454 e. The zero-order valence-corrected chi connectivity index (χ0v) is 13.7. The molecule has 2 aromatic rings. The van der Waals surface area contributed by atoms with Crippen LogP contribution in [0.5, 0.6) is 11.5 Å². The van der Waals surface area contributed by atoms with Gasteiger partial charge < -0.3 is 14.4 Å². The number of carbonyl (C=O) groups is 1. The summed E-state index contributed by atoms with van der Waals surface area (Å²) in [6.07, 6.45) is 0. The van der Waals surface area contributed by atoms with Crippen molar-refractivity contribution in [3.05, 3.63) is 39.3 Å². The largest absolute Gasteiger partial charge is 0.454 e. The quantitative estimate of drug-likeness (QED) is 0.869. The van der Waals surface area contributed by atoms with Gasteiger partial charge in [0.1, 0.15) is 4.88 Å². The fourth-order valence-electron chi connectivity index (χ4n) is 2.46. The first-order valence-electron chi connectivity index (χ1n) is 7.20. The summed E-state index contributed by atoms with van der Waals surface area (Å²) in [5.41, 5.74) is 1.83. The van der Waals surface area contributed by atoms with Crippen molar-refractivity contribution in [2.45, 2.75) is 27.3 Å². The monoisotopic (exact) mass is 318 g/mol. The number of hydrogen-bond acceptors (Lipinski definition) is 5. The second-order valence-electron chi connectivity index (χ2n) is 5.15. The first-order valence-corrected chi connectivity index (χ1v) is 8.02. The van der Waals surface area contributed by atoms with Crippen molar-refractivity contribution in [2.24, 2.45) is 0 Å². The highest BCUT2D eigenvalue weighted by Gasteiger charge is 2.21. The molecule has 0 saturated heterocycles. The van der Waals surface area contributed by atoms with Gasteiger partial charge in [-0.05, 0) is 38.5 Å². The van der Waals surface area contributed by atoms with Crippen LogP contribution in [0.1, 0.15) is 32.9 Å². The number of nitrogens with zero attached hydrogens (tertiary/aromatic N) is 2. The average Bonchev–Trinajstić information content (AvgIpc) is 3.09. The van der Waals surface area contributed by atoms with Crippen LogP contribution in [0.4, 0.5) is 0 Å². The number of amides is 1. The van der Waals surface area contributed by atoms with Crippen molar-refractivity contribution in [3.63, 3.8) is 0 Å². The number of aromatic nitrogens is 1. The van der Waals surface area contributed by atoms with Gasteiger partial charge in [-0.15, -0.1) is 11.3 Å². The average molecular weight is 318 g/mol. The van der Waals surface area contributed by atoms with Gasteiger partial charge in [0.2, 0.25) is 6.79 Å². The highest BCUT2D eigenvalue weighted by Crippen LogP contribution is 2.33. The summed E-state index contributed by atoms with van der Waals surface area (Å²) >= 11 is 1.45. The van der Waals surface area contributed by atoms with E-state index in [9.17, 15) is 4.79 Å². The van der Waals surface area contributed by atoms with Gasteiger partial charge in [-0.1, -0.05) is 6.07 Å². The van der Waals surface area contributed by atoms with Gasteiger partial charge in [-0.2, -0.15) is 0 Å². The van der Waals surface area contributed by atoms with E-state index in [1.807, 2.05) is 43.9 Å². The van der Waals surface area contributed by atoms with E-state index >= 15 is 0 Å². The van der Waals surface area contributed by atoms with Crippen LogP contribution in [0.25, 0.3) is 0 Å². The molecular weight excluding hydrogens is 300 g/mol. The van der Waals surface area contributed by atoms with Crippen molar-refractivity contribution < 1.29 is 14.3 Å². The highest BCUT2D eigenvalue weighted by molar-refractivity contribution is 7.13. The highest BCUT2D eigenvalue weighted by atomic mass is 32.1. The normalized spacial score (nSPS) is 12.5. The van der Waals surface area contributed by atoms with E-state index in [1.54, 1.807) is 0 Å². The van der Waals surface area contributed by atoms with E-state index < -0.39 is 0 Å².